The second-order valence-electron chi connectivity index (χ2n) is 18.3. The first kappa shape index (κ1) is 37.7. The van der Waals surface area contributed by atoms with E-state index in [4.69, 9.17) is 8.83 Å². The molecule has 0 saturated carbocycles. The largest absolute Gasteiger partial charge is 0.454 e. The third-order valence-electron chi connectivity index (χ3n) is 14.0. The summed E-state index contributed by atoms with van der Waals surface area (Å²) in [5.74, 6) is 0. The smallest absolute Gasteiger partial charge is 0.159 e. The molecule has 5 heteroatoms. The zero-order chi connectivity index (χ0) is 43.6. The Balaban J connectivity index is 0.997. The summed E-state index contributed by atoms with van der Waals surface area (Å²) in [6, 6.07) is 71.0. The van der Waals surface area contributed by atoms with Gasteiger partial charge in [-0.3, -0.25) is 0 Å². The van der Waals surface area contributed by atoms with Gasteiger partial charge in [0.25, 0.3) is 0 Å². The van der Waals surface area contributed by atoms with Crippen molar-refractivity contribution in [1.82, 2.24) is 0 Å². The molecule has 310 valence electrons. The molecule has 0 amide bonds. The quantitative estimate of drug-likeness (QED) is 0.123. The van der Waals surface area contributed by atoms with Crippen LogP contribution in [0.1, 0.15) is 11.1 Å². The van der Waals surface area contributed by atoms with Crippen molar-refractivity contribution in [3.63, 3.8) is 0 Å². The van der Waals surface area contributed by atoms with Gasteiger partial charge in [-0.2, -0.15) is 0 Å². The fraction of sp³-hybridized carbons (Fsp3) is 0.0667. The first-order valence-corrected chi connectivity index (χ1v) is 25.5. The van der Waals surface area contributed by atoms with Crippen LogP contribution >= 0.6 is 0 Å². The van der Waals surface area contributed by atoms with Gasteiger partial charge in [0, 0.05) is 44.3 Å². The lowest BCUT2D eigenvalue weighted by molar-refractivity contribution is 0.668. The van der Waals surface area contributed by atoms with Gasteiger partial charge in [-0.1, -0.05) is 139 Å². The van der Waals surface area contributed by atoms with Gasteiger partial charge in [0.1, 0.15) is 19.2 Å². The molecule has 12 aromatic rings. The lowest BCUT2D eigenvalue weighted by Crippen LogP contribution is -2.56. The van der Waals surface area contributed by atoms with E-state index in [2.05, 4.69) is 219 Å². The second-order valence-corrected chi connectivity index (χ2v) is 22.6. The van der Waals surface area contributed by atoms with E-state index in [1.165, 1.54) is 54.2 Å². The number of rotatable bonds is 6. The number of para-hydroxylation sites is 4. The minimum Gasteiger partial charge on any atom is -0.454 e. The first-order valence-electron chi connectivity index (χ1n) is 22.5. The van der Waals surface area contributed by atoms with Gasteiger partial charge in [-0.25, -0.2) is 0 Å². The predicted molar refractivity (Wildman–Crippen MR) is 277 cm³/mol. The van der Waals surface area contributed by atoms with Gasteiger partial charge in [0.2, 0.25) is 0 Å². The molecule has 0 N–H and O–H groups in total. The van der Waals surface area contributed by atoms with E-state index in [1.54, 1.807) is 0 Å². The van der Waals surface area contributed by atoms with Crippen LogP contribution in [-0.4, -0.2) is 8.07 Å². The number of aryl methyl sites for hydroxylation is 2. The monoisotopic (exact) mass is 852 g/mol. The summed E-state index contributed by atoms with van der Waals surface area (Å²) < 4.78 is 13.3. The highest BCUT2D eigenvalue weighted by atomic mass is 28.3. The fourth-order valence-corrected chi connectivity index (χ4v) is 13.8. The predicted octanol–water partition coefficient (Wildman–Crippen LogP) is 16.2. The maximum atomic E-state index is 6.68. The molecule has 1 aliphatic heterocycles. The minimum atomic E-state index is -2.28. The van der Waals surface area contributed by atoms with Crippen LogP contribution in [0.5, 0.6) is 0 Å². The van der Waals surface area contributed by atoms with Gasteiger partial charge in [-0.15, -0.1) is 0 Å². The van der Waals surface area contributed by atoms with E-state index < -0.39 is 8.07 Å². The molecule has 0 atom stereocenters. The number of hydrogen-bond donors (Lipinski definition) is 0. The third-order valence-corrected chi connectivity index (χ3v) is 17.5. The maximum Gasteiger partial charge on any atom is 0.159 e. The van der Waals surface area contributed by atoms with Crippen molar-refractivity contribution in [2.45, 2.75) is 26.9 Å². The molecular formula is C60H44N2O2Si. The van der Waals surface area contributed by atoms with Crippen LogP contribution in [0, 0.1) is 13.8 Å². The van der Waals surface area contributed by atoms with Gasteiger partial charge in [0.15, 0.2) is 11.2 Å². The summed E-state index contributed by atoms with van der Waals surface area (Å²) in [5.41, 5.74) is 15.1. The van der Waals surface area contributed by atoms with Gasteiger partial charge in [0.05, 0.1) is 11.4 Å². The Bertz CT molecular complexity index is 3900. The molecule has 2 aromatic heterocycles. The van der Waals surface area contributed by atoms with Crippen molar-refractivity contribution in [3.05, 3.63) is 205 Å². The number of hydrogen-bond acceptors (Lipinski definition) is 4. The Labute approximate surface area is 378 Å². The molecular weight excluding hydrogens is 809 g/mol. The highest BCUT2D eigenvalue weighted by Gasteiger charge is 2.37. The lowest BCUT2D eigenvalue weighted by Gasteiger charge is -2.35. The van der Waals surface area contributed by atoms with E-state index >= 15 is 0 Å². The Morgan fingerprint density at radius 1 is 0.369 bits per heavy atom. The van der Waals surface area contributed by atoms with Crippen molar-refractivity contribution >= 4 is 118 Å². The zero-order valence-electron chi connectivity index (χ0n) is 36.7. The number of fused-ring (bicyclic) bond motifs is 10. The molecule has 0 spiro atoms. The Kier molecular flexibility index (Phi) is 8.15. The van der Waals surface area contributed by atoms with Crippen LogP contribution in [-0.2, 0) is 0 Å². The highest BCUT2D eigenvalue weighted by Crippen LogP contribution is 2.47. The third kappa shape index (κ3) is 5.68. The number of nitrogens with zero attached hydrogens (tertiary/aromatic N) is 2. The highest BCUT2D eigenvalue weighted by molar-refractivity contribution is 7.03. The molecule has 4 nitrogen and oxygen atoms in total. The van der Waals surface area contributed by atoms with Crippen molar-refractivity contribution in [1.29, 1.82) is 0 Å². The van der Waals surface area contributed by atoms with Gasteiger partial charge in [-0.05, 0) is 136 Å². The number of furan rings is 2. The average molecular weight is 853 g/mol. The van der Waals surface area contributed by atoms with Crippen molar-refractivity contribution in [3.8, 4) is 11.1 Å². The summed E-state index contributed by atoms with van der Waals surface area (Å²) in [7, 11) is -2.28. The van der Waals surface area contributed by atoms with Crippen LogP contribution in [0.4, 0.5) is 34.1 Å². The number of anilines is 6. The number of benzene rings is 10. The van der Waals surface area contributed by atoms with Crippen LogP contribution in [0.15, 0.2) is 203 Å². The second kappa shape index (κ2) is 14.1. The molecule has 65 heavy (non-hydrogen) atoms. The van der Waals surface area contributed by atoms with Crippen LogP contribution in [0.2, 0.25) is 13.1 Å². The summed E-state index contributed by atoms with van der Waals surface area (Å²) in [6.07, 6.45) is 0. The molecule has 0 radical (unpaired) electrons. The molecule has 0 bridgehead atoms. The maximum absolute atomic E-state index is 6.68. The minimum absolute atomic E-state index is 0.880. The normalized spacial score (nSPS) is 13.0. The van der Waals surface area contributed by atoms with Gasteiger partial charge < -0.3 is 18.6 Å². The fourth-order valence-electron chi connectivity index (χ4n) is 10.7. The summed E-state index contributed by atoms with van der Waals surface area (Å²) in [4.78, 5) is 4.75. The van der Waals surface area contributed by atoms with Crippen molar-refractivity contribution in [2.75, 3.05) is 9.80 Å². The molecule has 1 aliphatic rings. The standard InChI is InChI=1S/C60H44N2O2Si/c1-37-22-27-40(28-23-37)61(52-17-9-15-48-44-12-5-7-19-54(44)63-59(48)52)42-31-26-39-34-51-46-33-32-43(36-57(46)65(3,4)56-21-11-14-47(58(51)56)50(39)35-42)62(41-29-24-38(2)25-30-41)53-18-10-16-49-45-13-6-8-20-55(45)64-60(49)53/h5-36H,1-4H3. The molecule has 0 fully saturated rings. The van der Waals surface area contributed by atoms with E-state index in [9.17, 15) is 0 Å². The summed E-state index contributed by atoms with van der Waals surface area (Å²) in [6.45, 7) is 9.34. The Morgan fingerprint density at radius 2 is 0.862 bits per heavy atom. The molecule has 13 rings (SSSR count). The van der Waals surface area contributed by atoms with Crippen LogP contribution < -0.4 is 20.2 Å². The topological polar surface area (TPSA) is 32.8 Å². The molecule has 0 unspecified atom stereocenters. The van der Waals surface area contributed by atoms with Crippen molar-refractivity contribution < 1.29 is 8.83 Å². The lowest BCUT2D eigenvalue weighted by atomic mass is 9.92. The molecule has 0 aliphatic carbocycles. The molecule has 3 heterocycles. The van der Waals surface area contributed by atoms with Crippen LogP contribution in [0.25, 0.3) is 76.5 Å². The van der Waals surface area contributed by atoms with E-state index in [1.807, 2.05) is 12.1 Å². The van der Waals surface area contributed by atoms with Crippen LogP contribution in [0.3, 0.4) is 0 Å². The van der Waals surface area contributed by atoms with E-state index in [0.717, 1.165) is 78.0 Å². The molecule has 10 aromatic carbocycles. The van der Waals surface area contributed by atoms with Gasteiger partial charge >= 0.3 is 0 Å². The molecule has 0 saturated heterocycles. The first-order chi connectivity index (χ1) is 31.8. The summed E-state index contributed by atoms with van der Waals surface area (Å²) in [5, 5.41) is 12.5. The Hall–Kier alpha value is -7.86. The van der Waals surface area contributed by atoms with Crippen molar-refractivity contribution in [2.24, 2.45) is 0 Å². The van der Waals surface area contributed by atoms with E-state index in [0.29, 0.717) is 0 Å². The zero-order valence-corrected chi connectivity index (χ0v) is 37.7. The summed E-state index contributed by atoms with van der Waals surface area (Å²) >= 11 is 0. The van der Waals surface area contributed by atoms with E-state index in [-0.39, 0.29) is 0 Å². The average Bonchev–Trinajstić information content (AvgIpc) is 3.92. The SMILES string of the molecule is Cc1ccc(N(c2ccc3c(c2)[Si](C)(C)c2cccc4c2c-3cc2ccc(N(c3ccc(C)cc3)c3cccc5c3oc3ccccc35)cc24)c2cccc3c2oc2ccccc23)cc1. The Morgan fingerprint density at radius 3 is 1.46 bits per heavy atom.